The van der Waals surface area contributed by atoms with Crippen molar-refractivity contribution in [2.24, 2.45) is 5.10 Å². The van der Waals surface area contributed by atoms with Gasteiger partial charge in [0.05, 0.1) is 24.1 Å². The number of benzene rings is 2. The standard InChI is InChI=1S/C16H13Cl2FN2O2S/c1-23-14-5-2-10(6-13(14)19)8-20-21-16(22)9-24-15-7-11(17)3-4-12(15)18/h2-8H,9H2,1H3,(H,21,22)/b20-8-. The van der Waals surface area contributed by atoms with Gasteiger partial charge >= 0.3 is 0 Å². The maximum absolute atomic E-state index is 13.5. The number of ether oxygens (including phenoxy) is 1. The highest BCUT2D eigenvalue weighted by Crippen LogP contribution is 2.29. The first-order chi connectivity index (χ1) is 11.5. The molecule has 0 fully saturated rings. The van der Waals surface area contributed by atoms with Gasteiger partial charge in [-0.2, -0.15) is 5.10 Å². The van der Waals surface area contributed by atoms with Crippen LogP contribution in [0.4, 0.5) is 4.39 Å². The number of carbonyl (C=O) groups is 1. The van der Waals surface area contributed by atoms with Crippen molar-refractivity contribution in [1.82, 2.24) is 5.43 Å². The van der Waals surface area contributed by atoms with Gasteiger partial charge in [0, 0.05) is 9.92 Å². The fourth-order valence-electron chi connectivity index (χ4n) is 1.71. The lowest BCUT2D eigenvalue weighted by molar-refractivity contribution is -0.118. The summed E-state index contributed by atoms with van der Waals surface area (Å²) in [6.45, 7) is 0. The van der Waals surface area contributed by atoms with E-state index in [4.69, 9.17) is 27.9 Å². The van der Waals surface area contributed by atoms with Crippen molar-refractivity contribution in [1.29, 1.82) is 0 Å². The van der Waals surface area contributed by atoms with Crippen LogP contribution in [0.5, 0.6) is 5.75 Å². The van der Waals surface area contributed by atoms with Crippen LogP contribution in [-0.2, 0) is 4.79 Å². The molecule has 0 saturated carbocycles. The molecule has 0 saturated heterocycles. The number of nitrogens with one attached hydrogen (secondary N) is 1. The summed E-state index contributed by atoms with van der Waals surface area (Å²) >= 11 is 13.1. The zero-order valence-electron chi connectivity index (χ0n) is 12.6. The first-order valence-corrected chi connectivity index (χ1v) is 8.47. The van der Waals surface area contributed by atoms with Gasteiger partial charge in [-0.25, -0.2) is 9.82 Å². The Labute approximate surface area is 153 Å². The highest BCUT2D eigenvalue weighted by molar-refractivity contribution is 8.00. The number of hydrazone groups is 1. The number of halogens is 3. The van der Waals surface area contributed by atoms with Crippen LogP contribution in [0.3, 0.4) is 0 Å². The molecule has 2 aromatic carbocycles. The van der Waals surface area contributed by atoms with E-state index in [-0.39, 0.29) is 17.4 Å². The van der Waals surface area contributed by atoms with Crippen molar-refractivity contribution in [2.75, 3.05) is 12.9 Å². The predicted octanol–water partition coefficient (Wildman–Crippen LogP) is 4.38. The van der Waals surface area contributed by atoms with Crippen LogP contribution >= 0.6 is 35.0 Å². The predicted molar refractivity (Wildman–Crippen MR) is 95.9 cm³/mol. The van der Waals surface area contributed by atoms with Gasteiger partial charge in [0.2, 0.25) is 5.91 Å². The quantitative estimate of drug-likeness (QED) is 0.455. The second-order valence-electron chi connectivity index (χ2n) is 4.55. The molecule has 24 heavy (non-hydrogen) atoms. The SMILES string of the molecule is COc1ccc(/C=N\NC(=O)CSc2cc(Cl)ccc2Cl)cc1F. The third-order valence-corrected chi connectivity index (χ3v) is 4.56. The van der Waals surface area contributed by atoms with Crippen molar-refractivity contribution in [2.45, 2.75) is 4.90 Å². The van der Waals surface area contributed by atoms with Gasteiger partial charge in [-0.15, -0.1) is 11.8 Å². The zero-order valence-corrected chi connectivity index (χ0v) is 14.9. The van der Waals surface area contributed by atoms with Gasteiger partial charge in [0.25, 0.3) is 0 Å². The largest absolute Gasteiger partial charge is 0.494 e. The molecule has 0 atom stereocenters. The second-order valence-corrected chi connectivity index (χ2v) is 6.41. The summed E-state index contributed by atoms with van der Waals surface area (Å²) in [5.41, 5.74) is 2.86. The molecule has 1 N–H and O–H groups in total. The van der Waals surface area contributed by atoms with E-state index in [0.29, 0.717) is 20.5 Å². The number of thioether (sulfide) groups is 1. The molecule has 8 heteroatoms. The highest BCUT2D eigenvalue weighted by atomic mass is 35.5. The molecular weight excluding hydrogens is 374 g/mol. The van der Waals surface area contributed by atoms with E-state index in [2.05, 4.69) is 10.5 Å². The van der Waals surface area contributed by atoms with E-state index in [1.165, 1.54) is 37.2 Å². The van der Waals surface area contributed by atoms with Crippen LogP contribution < -0.4 is 10.2 Å². The molecule has 0 heterocycles. The molecule has 2 aromatic rings. The fourth-order valence-corrected chi connectivity index (χ4v) is 2.99. The number of hydrogen-bond donors (Lipinski definition) is 1. The third kappa shape index (κ3) is 5.40. The van der Waals surface area contributed by atoms with Gasteiger partial charge in [-0.3, -0.25) is 4.79 Å². The summed E-state index contributed by atoms with van der Waals surface area (Å²) in [5.74, 6) is -0.555. The van der Waals surface area contributed by atoms with E-state index in [0.717, 1.165) is 0 Å². The minimum Gasteiger partial charge on any atom is -0.494 e. The topological polar surface area (TPSA) is 50.7 Å². The normalized spacial score (nSPS) is 10.8. The molecular formula is C16H13Cl2FN2O2S. The van der Waals surface area contributed by atoms with Crippen molar-refractivity contribution in [3.63, 3.8) is 0 Å². The molecule has 0 aromatic heterocycles. The lowest BCUT2D eigenvalue weighted by Crippen LogP contribution is -2.19. The van der Waals surface area contributed by atoms with Crippen LogP contribution in [0.1, 0.15) is 5.56 Å². The first-order valence-electron chi connectivity index (χ1n) is 6.73. The van der Waals surface area contributed by atoms with Crippen molar-refractivity contribution in [3.8, 4) is 5.75 Å². The number of methoxy groups -OCH3 is 1. The van der Waals surface area contributed by atoms with E-state index in [1.54, 1.807) is 24.3 Å². The highest BCUT2D eigenvalue weighted by Gasteiger charge is 2.06. The number of carbonyl (C=O) groups excluding carboxylic acids is 1. The van der Waals surface area contributed by atoms with Crippen molar-refractivity contribution in [3.05, 3.63) is 57.8 Å². The first kappa shape index (κ1) is 18.6. The summed E-state index contributed by atoms with van der Waals surface area (Å²) in [6.07, 6.45) is 1.34. The van der Waals surface area contributed by atoms with E-state index in [1.807, 2.05) is 0 Å². The molecule has 126 valence electrons. The Morgan fingerprint density at radius 1 is 1.33 bits per heavy atom. The average Bonchev–Trinajstić information content (AvgIpc) is 2.56. The molecule has 0 aliphatic heterocycles. The molecule has 1 amide bonds. The summed E-state index contributed by atoms with van der Waals surface area (Å²) in [6, 6.07) is 9.39. The van der Waals surface area contributed by atoms with Crippen LogP contribution in [0.15, 0.2) is 46.4 Å². The summed E-state index contributed by atoms with van der Waals surface area (Å²) in [7, 11) is 1.39. The number of nitrogens with zero attached hydrogens (tertiary/aromatic N) is 1. The smallest absolute Gasteiger partial charge is 0.250 e. The lowest BCUT2D eigenvalue weighted by atomic mass is 10.2. The van der Waals surface area contributed by atoms with Crippen molar-refractivity contribution >= 4 is 47.1 Å². The van der Waals surface area contributed by atoms with Crippen LogP contribution in [0.25, 0.3) is 0 Å². The minimum atomic E-state index is -0.501. The van der Waals surface area contributed by atoms with E-state index < -0.39 is 5.82 Å². The van der Waals surface area contributed by atoms with E-state index >= 15 is 0 Å². The van der Waals surface area contributed by atoms with Crippen LogP contribution in [0, 0.1) is 5.82 Å². The van der Waals surface area contributed by atoms with Crippen LogP contribution in [0.2, 0.25) is 10.0 Å². The van der Waals surface area contributed by atoms with Gasteiger partial charge in [-0.05, 0) is 42.0 Å². The summed E-state index contributed by atoms with van der Waals surface area (Å²) < 4.78 is 18.3. The summed E-state index contributed by atoms with van der Waals surface area (Å²) in [5, 5.41) is 4.85. The second kappa shape index (κ2) is 8.92. The minimum absolute atomic E-state index is 0.119. The molecule has 0 aliphatic rings. The molecule has 0 spiro atoms. The molecule has 0 radical (unpaired) electrons. The Bertz CT molecular complexity index is 772. The number of rotatable bonds is 6. The monoisotopic (exact) mass is 386 g/mol. The number of amides is 1. The van der Waals surface area contributed by atoms with Gasteiger partial charge < -0.3 is 4.74 Å². The maximum Gasteiger partial charge on any atom is 0.250 e. The Morgan fingerprint density at radius 2 is 2.12 bits per heavy atom. The van der Waals surface area contributed by atoms with Crippen LogP contribution in [-0.4, -0.2) is 25.0 Å². The number of hydrogen-bond acceptors (Lipinski definition) is 4. The molecule has 0 bridgehead atoms. The lowest BCUT2D eigenvalue weighted by Gasteiger charge is -2.04. The molecule has 2 rings (SSSR count). The van der Waals surface area contributed by atoms with E-state index in [9.17, 15) is 9.18 Å². The van der Waals surface area contributed by atoms with Gasteiger partial charge in [-0.1, -0.05) is 23.2 Å². The summed E-state index contributed by atoms with van der Waals surface area (Å²) in [4.78, 5) is 12.5. The Kier molecular flexibility index (Phi) is 6.90. The van der Waals surface area contributed by atoms with Crippen molar-refractivity contribution < 1.29 is 13.9 Å². The molecule has 4 nitrogen and oxygen atoms in total. The Hall–Kier alpha value is -1.76. The van der Waals surface area contributed by atoms with Gasteiger partial charge in [0.15, 0.2) is 11.6 Å². The zero-order chi connectivity index (χ0) is 17.5. The average molecular weight is 387 g/mol. The Morgan fingerprint density at radius 3 is 2.83 bits per heavy atom. The van der Waals surface area contributed by atoms with Gasteiger partial charge in [0.1, 0.15) is 0 Å². The third-order valence-electron chi connectivity index (χ3n) is 2.83. The Balaban J connectivity index is 1.86. The maximum atomic E-state index is 13.5. The fraction of sp³-hybridized carbons (Fsp3) is 0.125. The molecule has 0 aliphatic carbocycles. The molecule has 0 unspecified atom stereocenters.